The van der Waals surface area contributed by atoms with Crippen molar-refractivity contribution in [2.45, 2.75) is 44.7 Å². The monoisotopic (exact) mass is 378 g/mol. The van der Waals surface area contributed by atoms with Crippen LogP contribution < -0.4 is 15.4 Å². The molecule has 0 saturated heterocycles. The van der Waals surface area contributed by atoms with Crippen LogP contribution in [0.4, 0.5) is 5.69 Å². The number of fused-ring (bicyclic) bond motifs is 1. The zero-order chi connectivity index (χ0) is 19.3. The molecule has 5 nitrogen and oxygen atoms in total. The van der Waals surface area contributed by atoms with Gasteiger partial charge in [0.1, 0.15) is 0 Å². The topological polar surface area (TPSA) is 63.5 Å². The standard InChI is InChI=1S/C23H26N2O3/c1-27-20-13-12-16(15-24-17-8-4-2-5-9-17)19-14-21(28-22(19)20)23(26)25-18-10-6-3-7-11-18/h3,6-7,10-14,17,24H,2,4-5,8-9,15H2,1H3,(H,25,26). The normalized spacial score (nSPS) is 14.9. The van der Waals surface area contributed by atoms with E-state index >= 15 is 0 Å². The van der Waals surface area contributed by atoms with Crippen molar-refractivity contribution >= 4 is 22.6 Å². The molecule has 0 aliphatic heterocycles. The molecule has 28 heavy (non-hydrogen) atoms. The molecule has 2 aromatic carbocycles. The van der Waals surface area contributed by atoms with Gasteiger partial charge in [-0.15, -0.1) is 0 Å². The molecule has 0 unspecified atom stereocenters. The number of carbonyl (C=O) groups is 1. The highest BCUT2D eigenvalue weighted by atomic mass is 16.5. The first-order valence-corrected chi connectivity index (χ1v) is 9.94. The Morgan fingerprint density at radius 1 is 1.11 bits per heavy atom. The first-order valence-electron chi connectivity index (χ1n) is 9.94. The van der Waals surface area contributed by atoms with Crippen molar-refractivity contribution in [2.75, 3.05) is 12.4 Å². The Balaban J connectivity index is 1.58. The summed E-state index contributed by atoms with van der Waals surface area (Å²) in [6, 6.07) is 15.7. The molecule has 3 aromatic rings. The predicted octanol–water partition coefficient (Wildman–Crippen LogP) is 5.12. The van der Waals surface area contributed by atoms with Crippen LogP contribution in [0.5, 0.6) is 5.75 Å². The molecule has 0 spiro atoms. The maximum atomic E-state index is 12.6. The lowest BCUT2D eigenvalue weighted by Gasteiger charge is -2.23. The van der Waals surface area contributed by atoms with Gasteiger partial charge < -0.3 is 19.8 Å². The third-order valence-electron chi connectivity index (χ3n) is 5.40. The Bertz CT molecular complexity index is 943. The Morgan fingerprint density at radius 3 is 2.64 bits per heavy atom. The van der Waals surface area contributed by atoms with Crippen molar-refractivity contribution in [2.24, 2.45) is 0 Å². The van der Waals surface area contributed by atoms with Gasteiger partial charge in [-0.05, 0) is 42.7 Å². The summed E-state index contributed by atoms with van der Waals surface area (Å²) in [7, 11) is 1.61. The second kappa shape index (κ2) is 8.48. The quantitative estimate of drug-likeness (QED) is 0.625. The summed E-state index contributed by atoms with van der Waals surface area (Å²) in [6.45, 7) is 0.754. The molecule has 0 radical (unpaired) electrons. The number of amides is 1. The molecule has 1 heterocycles. The van der Waals surface area contributed by atoms with Crippen molar-refractivity contribution in [3.05, 3.63) is 59.9 Å². The molecule has 146 valence electrons. The van der Waals surface area contributed by atoms with E-state index in [1.54, 1.807) is 7.11 Å². The van der Waals surface area contributed by atoms with Crippen LogP contribution in [0.1, 0.15) is 48.2 Å². The van der Waals surface area contributed by atoms with Crippen LogP contribution in [0.2, 0.25) is 0 Å². The van der Waals surface area contributed by atoms with E-state index < -0.39 is 0 Å². The average Bonchev–Trinajstić information content (AvgIpc) is 3.19. The average molecular weight is 378 g/mol. The highest BCUT2D eigenvalue weighted by molar-refractivity contribution is 6.05. The highest BCUT2D eigenvalue weighted by Gasteiger charge is 2.19. The Labute approximate surface area is 165 Å². The molecule has 1 amide bonds. The van der Waals surface area contributed by atoms with Crippen molar-refractivity contribution in [3.63, 3.8) is 0 Å². The Morgan fingerprint density at radius 2 is 1.89 bits per heavy atom. The number of benzene rings is 2. The van der Waals surface area contributed by atoms with Crippen LogP contribution in [0.3, 0.4) is 0 Å². The third-order valence-corrected chi connectivity index (χ3v) is 5.40. The molecule has 4 rings (SSSR count). The number of para-hydroxylation sites is 1. The van der Waals surface area contributed by atoms with E-state index in [2.05, 4.69) is 10.6 Å². The van der Waals surface area contributed by atoms with Crippen LogP contribution in [0.15, 0.2) is 52.9 Å². The van der Waals surface area contributed by atoms with Crippen molar-refractivity contribution in [1.29, 1.82) is 0 Å². The Hall–Kier alpha value is -2.79. The molecule has 1 aliphatic carbocycles. The SMILES string of the molecule is COc1ccc(CNC2CCCCC2)c2cc(C(=O)Nc3ccccc3)oc12. The summed E-state index contributed by atoms with van der Waals surface area (Å²) in [6.07, 6.45) is 6.40. The largest absolute Gasteiger partial charge is 0.493 e. The number of methoxy groups -OCH3 is 1. The minimum absolute atomic E-state index is 0.268. The molecule has 1 aliphatic rings. The summed E-state index contributed by atoms with van der Waals surface area (Å²) in [5, 5.41) is 7.45. The molecule has 1 aromatic heterocycles. The smallest absolute Gasteiger partial charge is 0.291 e. The van der Waals surface area contributed by atoms with E-state index in [0.29, 0.717) is 17.4 Å². The number of nitrogens with one attached hydrogen (secondary N) is 2. The van der Waals surface area contributed by atoms with Crippen LogP contribution in [-0.2, 0) is 6.54 Å². The number of furan rings is 1. The van der Waals surface area contributed by atoms with E-state index in [1.165, 1.54) is 32.1 Å². The van der Waals surface area contributed by atoms with E-state index in [0.717, 1.165) is 23.2 Å². The van der Waals surface area contributed by atoms with Gasteiger partial charge in [0.2, 0.25) is 0 Å². The summed E-state index contributed by atoms with van der Waals surface area (Å²) in [5.74, 6) is 0.646. The Kier molecular flexibility index (Phi) is 5.63. The maximum absolute atomic E-state index is 12.6. The van der Waals surface area contributed by atoms with Gasteiger partial charge in [-0.1, -0.05) is 43.5 Å². The molecule has 1 fully saturated rings. The maximum Gasteiger partial charge on any atom is 0.291 e. The van der Waals surface area contributed by atoms with Gasteiger partial charge in [0.05, 0.1) is 7.11 Å². The lowest BCUT2D eigenvalue weighted by molar-refractivity contribution is 0.0998. The number of rotatable bonds is 6. The number of carbonyl (C=O) groups excluding carboxylic acids is 1. The van der Waals surface area contributed by atoms with Gasteiger partial charge in [-0.2, -0.15) is 0 Å². The fourth-order valence-electron chi connectivity index (χ4n) is 3.86. The molecule has 1 saturated carbocycles. The highest BCUT2D eigenvalue weighted by Crippen LogP contribution is 2.32. The zero-order valence-corrected chi connectivity index (χ0v) is 16.2. The number of hydrogen-bond acceptors (Lipinski definition) is 4. The van der Waals surface area contributed by atoms with E-state index in [4.69, 9.17) is 9.15 Å². The fraction of sp³-hybridized carbons (Fsp3) is 0.348. The summed E-state index contributed by atoms with van der Waals surface area (Å²) >= 11 is 0. The van der Waals surface area contributed by atoms with Gasteiger partial charge in [0.25, 0.3) is 5.91 Å². The summed E-state index contributed by atoms with van der Waals surface area (Å²) in [4.78, 5) is 12.6. The van der Waals surface area contributed by atoms with Crippen LogP contribution in [-0.4, -0.2) is 19.1 Å². The lowest BCUT2D eigenvalue weighted by atomic mass is 9.95. The van der Waals surface area contributed by atoms with E-state index in [1.807, 2.05) is 48.5 Å². The first kappa shape index (κ1) is 18.6. The van der Waals surface area contributed by atoms with Gasteiger partial charge in [-0.25, -0.2) is 0 Å². The molecular formula is C23H26N2O3. The van der Waals surface area contributed by atoms with Crippen LogP contribution in [0.25, 0.3) is 11.0 Å². The van der Waals surface area contributed by atoms with Crippen molar-refractivity contribution in [3.8, 4) is 5.75 Å². The zero-order valence-electron chi connectivity index (χ0n) is 16.2. The summed E-state index contributed by atoms with van der Waals surface area (Å²) < 4.78 is 11.3. The minimum atomic E-state index is -0.268. The number of hydrogen-bond donors (Lipinski definition) is 2. The molecule has 5 heteroatoms. The van der Waals surface area contributed by atoms with Gasteiger partial charge in [0, 0.05) is 23.7 Å². The molecule has 2 N–H and O–H groups in total. The van der Waals surface area contributed by atoms with Gasteiger partial charge in [-0.3, -0.25) is 4.79 Å². The molecule has 0 bridgehead atoms. The predicted molar refractivity (Wildman–Crippen MR) is 111 cm³/mol. The molecule has 0 atom stereocenters. The summed E-state index contributed by atoms with van der Waals surface area (Å²) in [5.41, 5.74) is 2.46. The van der Waals surface area contributed by atoms with Gasteiger partial charge >= 0.3 is 0 Å². The van der Waals surface area contributed by atoms with Crippen molar-refractivity contribution in [1.82, 2.24) is 5.32 Å². The van der Waals surface area contributed by atoms with Gasteiger partial charge in [0.15, 0.2) is 17.1 Å². The third kappa shape index (κ3) is 4.04. The van der Waals surface area contributed by atoms with Crippen LogP contribution >= 0.6 is 0 Å². The fourth-order valence-corrected chi connectivity index (χ4v) is 3.86. The second-order valence-electron chi connectivity index (χ2n) is 7.32. The lowest BCUT2D eigenvalue weighted by Crippen LogP contribution is -2.30. The van der Waals surface area contributed by atoms with Crippen molar-refractivity contribution < 1.29 is 13.9 Å². The first-order chi connectivity index (χ1) is 13.7. The molecular weight excluding hydrogens is 352 g/mol. The van der Waals surface area contributed by atoms with Crippen LogP contribution in [0, 0.1) is 0 Å². The number of ether oxygens (including phenoxy) is 1. The minimum Gasteiger partial charge on any atom is -0.493 e. The van der Waals surface area contributed by atoms with E-state index in [9.17, 15) is 4.79 Å². The second-order valence-corrected chi connectivity index (χ2v) is 7.32. The van der Waals surface area contributed by atoms with E-state index in [-0.39, 0.29) is 11.7 Å². The number of anilines is 1.